The number of aromatic carboxylic acids is 1. The minimum atomic E-state index is -0.927. The summed E-state index contributed by atoms with van der Waals surface area (Å²) < 4.78 is 4.51. The molecular formula is C11H15NO4. The van der Waals surface area contributed by atoms with E-state index in [1.54, 1.807) is 6.20 Å². The van der Waals surface area contributed by atoms with E-state index in [1.165, 1.54) is 13.3 Å². The van der Waals surface area contributed by atoms with Crippen LogP contribution >= 0.6 is 0 Å². The van der Waals surface area contributed by atoms with Gasteiger partial charge >= 0.3 is 11.9 Å². The Bertz CT molecular complexity index is 370. The number of unbranched alkanes of at least 4 members (excludes halogenated alkanes) is 1. The van der Waals surface area contributed by atoms with Gasteiger partial charge in [0.25, 0.3) is 0 Å². The van der Waals surface area contributed by atoms with Crippen LogP contribution in [0.3, 0.4) is 0 Å². The first-order chi connectivity index (χ1) is 7.65. The molecule has 5 heteroatoms. The van der Waals surface area contributed by atoms with Gasteiger partial charge in [-0.3, -0.25) is 4.79 Å². The Balaban J connectivity index is 2.34. The number of ether oxygens (including phenoxy) is 1. The fourth-order valence-corrected chi connectivity index (χ4v) is 1.49. The second-order valence-electron chi connectivity index (χ2n) is 3.48. The average molecular weight is 225 g/mol. The highest BCUT2D eigenvalue weighted by Gasteiger charge is 2.10. The van der Waals surface area contributed by atoms with E-state index in [0.717, 1.165) is 12.0 Å². The number of hydrogen-bond donors (Lipinski definition) is 2. The molecule has 1 heterocycles. The Morgan fingerprint density at radius 2 is 2.12 bits per heavy atom. The van der Waals surface area contributed by atoms with Crippen LogP contribution in [0.5, 0.6) is 0 Å². The molecule has 0 radical (unpaired) electrons. The third kappa shape index (κ3) is 3.42. The normalized spacial score (nSPS) is 10.1. The van der Waals surface area contributed by atoms with Crippen molar-refractivity contribution >= 4 is 11.9 Å². The lowest BCUT2D eigenvalue weighted by Crippen LogP contribution is -2.01. The summed E-state index contributed by atoms with van der Waals surface area (Å²) in [5.41, 5.74) is 1.08. The van der Waals surface area contributed by atoms with Gasteiger partial charge in [-0.2, -0.15) is 0 Å². The molecule has 0 aliphatic heterocycles. The maximum absolute atomic E-state index is 10.8. The topological polar surface area (TPSA) is 79.4 Å². The van der Waals surface area contributed by atoms with Gasteiger partial charge in [0.15, 0.2) is 0 Å². The molecule has 16 heavy (non-hydrogen) atoms. The lowest BCUT2D eigenvalue weighted by Gasteiger charge is -2.00. The fraction of sp³-hybridized carbons (Fsp3) is 0.455. The molecule has 0 spiro atoms. The molecular weight excluding hydrogens is 210 g/mol. The number of esters is 1. The van der Waals surface area contributed by atoms with Crippen LogP contribution < -0.4 is 0 Å². The van der Waals surface area contributed by atoms with Crippen molar-refractivity contribution in [3.8, 4) is 0 Å². The fourth-order valence-electron chi connectivity index (χ4n) is 1.49. The Kier molecular flexibility index (Phi) is 4.57. The Morgan fingerprint density at radius 1 is 1.38 bits per heavy atom. The first-order valence-corrected chi connectivity index (χ1v) is 5.11. The SMILES string of the molecule is COC(=O)CCCCc1c[nH]cc1C(=O)O. The third-order valence-electron chi connectivity index (χ3n) is 2.37. The first kappa shape index (κ1) is 12.3. The predicted octanol–water partition coefficient (Wildman–Crippen LogP) is 1.60. The number of carbonyl (C=O) groups excluding carboxylic acids is 1. The van der Waals surface area contributed by atoms with E-state index < -0.39 is 5.97 Å². The van der Waals surface area contributed by atoms with Crippen molar-refractivity contribution in [1.29, 1.82) is 0 Å². The lowest BCUT2D eigenvalue weighted by molar-refractivity contribution is -0.140. The standard InChI is InChI=1S/C11H15NO4/c1-16-10(13)5-3-2-4-8-6-12-7-9(8)11(14)15/h6-7,12H,2-5H2,1H3,(H,14,15). The van der Waals surface area contributed by atoms with Gasteiger partial charge in [0, 0.05) is 18.8 Å². The van der Waals surface area contributed by atoms with Crippen molar-refractivity contribution in [3.63, 3.8) is 0 Å². The third-order valence-corrected chi connectivity index (χ3v) is 2.37. The summed E-state index contributed by atoms with van der Waals surface area (Å²) in [6.07, 6.45) is 5.66. The van der Waals surface area contributed by atoms with E-state index in [2.05, 4.69) is 9.72 Å². The van der Waals surface area contributed by atoms with Crippen LogP contribution in [0.2, 0.25) is 0 Å². The smallest absolute Gasteiger partial charge is 0.337 e. The number of aryl methyl sites for hydroxylation is 1. The van der Waals surface area contributed by atoms with Crippen molar-refractivity contribution < 1.29 is 19.4 Å². The quantitative estimate of drug-likeness (QED) is 0.569. The summed E-state index contributed by atoms with van der Waals surface area (Å²) in [7, 11) is 1.36. The Labute approximate surface area is 93.4 Å². The second kappa shape index (κ2) is 5.95. The van der Waals surface area contributed by atoms with Gasteiger partial charge in [0.1, 0.15) is 0 Å². The van der Waals surface area contributed by atoms with Crippen molar-refractivity contribution in [2.75, 3.05) is 7.11 Å². The van der Waals surface area contributed by atoms with Crippen LogP contribution in [0, 0.1) is 0 Å². The Hall–Kier alpha value is -1.78. The number of H-pyrrole nitrogens is 1. The van der Waals surface area contributed by atoms with Crippen molar-refractivity contribution in [2.45, 2.75) is 25.7 Å². The van der Waals surface area contributed by atoms with Gasteiger partial charge in [-0.1, -0.05) is 0 Å². The molecule has 0 amide bonds. The van der Waals surface area contributed by atoms with Gasteiger partial charge in [-0.15, -0.1) is 0 Å². The van der Waals surface area contributed by atoms with Crippen LogP contribution in [-0.4, -0.2) is 29.1 Å². The first-order valence-electron chi connectivity index (χ1n) is 5.11. The molecule has 1 aromatic heterocycles. The molecule has 2 N–H and O–H groups in total. The van der Waals surface area contributed by atoms with E-state index in [9.17, 15) is 9.59 Å². The molecule has 0 unspecified atom stereocenters. The number of carboxylic acid groups (broad SMARTS) is 1. The molecule has 0 saturated carbocycles. The van der Waals surface area contributed by atoms with E-state index in [-0.39, 0.29) is 5.97 Å². The minimum Gasteiger partial charge on any atom is -0.478 e. The molecule has 1 rings (SSSR count). The van der Waals surface area contributed by atoms with Crippen molar-refractivity contribution in [1.82, 2.24) is 4.98 Å². The summed E-state index contributed by atoms with van der Waals surface area (Å²) in [4.78, 5) is 24.4. The summed E-state index contributed by atoms with van der Waals surface area (Å²) in [6, 6.07) is 0. The molecule has 0 atom stereocenters. The van der Waals surface area contributed by atoms with Gasteiger partial charge in [-0.25, -0.2) is 4.79 Å². The van der Waals surface area contributed by atoms with Crippen molar-refractivity contribution in [2.24, 2.45) is 0 Å². The zero-order valence-corrected chi connectivity index (χ0v) is 9.16. The Morgan fingerprint density at radius 3 is 2.75 bits per heavy atom. The van der Waals surface area contributed by atoms with E-state index >= 15 is 0 Å². The number of methoxy groups -OCH3 is 1. The molecule has 0 bridgehead atoms. The summed E-state index contributed by atoms with van der Waals surface area (Å²) >= 11 is 0. The maximum Gasteiger partial charge on any atom is 0.337 e. The molecule has 0 aliphatic carbocycles. The zero-order chi connectivity index (χ0) is 12.0. The summed E-state index contributed by atoms with van der Waals surface area (Å²) in [6.45, 7) is 0. The highest BCUT2D eigenvalue weighted by atomic mass is 16.5. The molecule has 88 valence electrons. The van der Waals surface area contributed by atoms with Crippen LogP contribution in [-0.2, 0) is 16.0 Å². The number of aromatic amines is 1. The molecule has 0 fully saturated rings. The molecule has 0 aromatic carbocycles. The van der Waals surface area contributed by atoms with Gasteiger partial charge in [0.05, 0.1) is 12.7 Å². The summed E-state index contributed by atoms with van der Waals surface area (Å²) in [5, 5.41) is 8.84. The van der Waals surface area contributed by atoms with E-state index in [0.29, 0.717) is 24.8 Å². The number of nitrogens with one attached hydrogen (secondary N) is 1. The molecule has 0 aliphatic rings. The number of aromatic nitrogens is 1. The van der Waals surface area contributed by atoms with E-state index in [4.69, 9.17) is 5.11 Å². The number of carbonyl (C=O) groups is 2. The number of rotatable bonds is 6. The monoisotopic (exact) mass is 225 g/mol. The highest BCUT2D eigenvalue weighted by molar-refractivity contribution is 5.89. The van der Waals surface area contributed by atoms with Gasteiger partial charge in [-0.05, 0) is 24.8 Å². The highest BCUT2D eigenvalue weighted by Crippen LogP contribution is 2.12. The van der Waals surface area contributed by atoms with Crippen LogP contribution in [0.15, 0.2) is 12.4 Å². The zero-order valence-electron chi connectivity index (χ0n) is 9.16. The predicted molar refractivity (Wildman–Crippen MR) is 57.3 cm³/mol. The van der Waals surface area contributed by atoms with Gasteiger partial charge in [0.2, 0.25) is 0 Å². The minimum absolute atomic E-state index is 0.229. The maximum atomic E-state index is 10.8. The number of hydrogen-bond acceptors (Lipinski definition) is 3. The second-order valence-corrected chi connectivity index (χ2v) is 3.48. The van der Waals surface area contributed by atoms with Gasteiger partial charge < -0.3 is 14.8 Å². The van der Waals surface area contributed by atoms with Crippen LogP contribution in [0.1, 0.15) is 35.2 Å². The average Bonchev–Trinajstić information content (AvgIpc) is 2.72. The lowest BCUT2D eigenvalue weighted by atomic mass is 10.1. The molecule has 5 nitrogen and oxygen atoms in total. The van der Waals surface area contributed by atoms with Crippen LogP contribution in [0.25, 0.3) is 0 Å². The molecule has 0 saturated heterocycles. The number of carboxylic acids is 1. The summed E-state index contributed by atoms with van der Waals surface area (Å²) in [5.74, 6) is -1.16. The van der Waals surface area contributed by atoms with E-state index in [1.807, 2.05) is 0 Å². The van der Waals surface area contributed by atoms with Crippen LogP contribution in [0.4, 0.5) is 0 Å². The van der Waals surface area contributed by atoms with Crippen molar-refractivity contribution in [3.05, 3.63) is 23.5 Å². The largest absolute Gasteiger partial charge is 0.478 e. The molecule has 1 aromatic rings.